The Morgan fingerprint density at radius 1 is 1.26 bits per heavy atom. The predicted octanol–water partition coefficient (Wildman–Crippen LogP) is 4.91. The summed E-state index contributed by atoms with van der Waals surface area (Å²) in [6.07, 6.45) is 6.55. The molecule has 0 bridgehead atoms. The summed E-state index contributed by atoms with van der Waals surface area (Å²) in [6.45, 7) is 2.98. The summed E-state index contributed by atoms with van der Waals surface area (Å²) in [5.41, 5.74) is 9.40. The highest BCUT2D eigenvalue weighted by atomic mass is 79.9. The van der Waals surface area contributed by atoms with E-state index < -0.39 is 0 Å². The van der Waals surface area contributed by atoms with Crippen molar-refractivity contribution in [1.82, 2.24) is 4.57 Å². The van der Waals surface area contributed by atoms with Crippen LogP contribution in [0.2, 0.25) is 0 Å². The number of carbonyl (C=O) groups excluding carboxylic acids is 1. The minimum Gasteiger partial charge on any atom is -0.366 e. The number of nitrogens with two attached hydrogens (primary N) is 1. The highest BCUT2D eigenvalue weighted by molar-refractivity contribution is 9.10. The van der Waals surface area contributed by atoms with Gasteiger partial charge in [0.15, 0.2) is 0 Å². The molecular weight excluding hydrogens is 352 g/mol. The fourth-order valence-corrected chi connectivity index (χ4v) is 4.04. The average molecular weight is 375 g/mol. The average Bonchev–Trinajstić information content (AvgIpc) is 2.86. The minimum atomic E-state index is -0.346. The zero-order chi connectivity index (χ0) is 16.4. The molecule has 2 aromatic rings. The molecule has 3 rings (SSSR count). The van der Waals surface area contributed by atoms with Gasteiger partial charge in [-0.1, -0.05) is 47.3 Å². The van der Waals surface area contributed by atoms with Crippen LogP contribution >= 0.6 is 15.9 Å². The van der Waals surface area contributed by atoms with Crippen molar-refractivity contribution < 1.29 is 4.79 Å². The number of amides is 1. The Morgan fingerprint density at radius 2 is 2.00 bits per heavy atom. The summed E-state index contributed by atoms with van der Waals surface area (Å²) in [6, 6.07) is 10.2. The minimum absolute atomic E-state index is 0.346. The van der Waals surface area contributed by atoms with Crippen LogP contribution in [0.25, 0.3) is 11.3 Å². The van der Waals surface area contributed by atoms with Gasteiger partial charge in [-0.2, -0.15) is 0 Å². The van der Waals surface area contributed by atoms with E-state index in [0.29, 0.717) is 11.5 Å². The van der Waals surface area contributed by atoms with Gasteiger partial charge in [0.25, 0.3) is 5.91 Å². The van der Waals surface area contributed by atoms with Crippen LogP contribution < -0.4 is 5.73 Å². The monoisotopic (exact) mass is 374 g/mol. The molecule has 1 aromatic carbocycles. The summed E-state index contributed by atoms with van der Waals surface area (Å²) >= 11 is 3.54. The van der Waals surface area contributed by atoms with Gasteiger partial charge in [-0.3, -0.25) is 4.79 Å². The molecule has 1 heterocycles. The van der Waals surface area contributed by atoms with E-state index in [1.807, 2.05) is 25.1 Å². The zero-order valence-electron chi connectivity index (χ0n) is 13.5. The molecule has 1 aliphatic rings. The number of benzene rings is 1. The van der Waals surface area contributed by atoms with Crippen LogP contribution in [0.1, 0.15) is 48.2 Å². The molecule has 1 aliphatic carbocycles. The molecule has 4 heteroatoms. The number of aromatic nitrogens is 1. The van der Waals surface area contributed by atoms with Crippen molar-refractivity contribution in [2.45, 2.75) is 45.6 Å². The van der Waals surface area contributed by atoms with E-state index in [1.54, 1.807) is 0 Å². The Bertz CT molecular complexity index is 714. The summed E-state index contributed by atoms with van der Waals surface area (Å²) in [7, 11) is 0. The lowest BCUT2D eigenvalue weighted by molar-refractivity contribution is 0.0999. The Kier molecular flexibility index (Phi) is 4.90. The lowest BCUT2D eigenvalue weighted by Crippen LogP contribution is -2.17. The van der Waals surface area contributed by atoms with Crippen LogP contribution in [0.4, 0.5) is 0 Å². The largest absolute Gasteiger partial charge is 0.366 e. The molecule has 3 nitrogen and oxygen atoms in total. The molecule has 0 atom stereocenters. The predicted molar refractivity (Wildman–Crippen MR) is 97.4 cm³/mol. The molecule has 0 saturated heterocycles. The third-order valence-corrected chi connectivity index (χ3v) is 5.41. The standard InChI is InChI=1S/C19H23BrN2O/c1-13-17(19(21)23)11-18(15-8-5-9-16(20)10-15)22(13)12-14-6-3-2-4-7-14/h5,8-11,14H,2-4,6-7,12H2,1H3,(H2,21,23). The molecule has 0 unspecified atom stereocenters. The number of hydrogen-bond acceptors (Lipinski definition) is 1. The Labute approximate surface area is 146 Å². The second-order valence-electron chi connectivity index (χ2n) is 6.52. The first kappa shape index (κ1) is 16.3. The molecule has 23 heavy (non-hydrogen) atoms. The molecule has 0 radical (unpaired) electrons. The van der Waals surface area contributed by atoms with E-state index in [-0.39, 0.29) is 5.91 Å². The van der Waals surface area contributed by atoms with Gasteiger partial charge >= 0.3 is 0 Å². The normalized spacial score (nSPS) is 15.7. The van der Waals surface area contributed by atoms with Crippen molar-refractivity contribution >= 4 is 21.8 Å². The molecule has 0 spiro atoms. The fourth-order valence-electron chi connectivity index (χ4n) is 3.64. The van der Waals surface area contributed by atoms with Crippen molar-refractivity contribution in [2.24, 2.45) is 11.7 Å². The third kappa shape index (κ3) is 3.52. The molecule has 1 fully saturated rings. The summed E-state index contributed by atoms with van der Waals surface area (Å²) in [5, 5.41) is 0. The number of hydrogen-bond donors (Lipinski definition) is 1. The Hall–Kier alpha value is -1.55. The van der Waals surface area contributed by atoms with Crippen LogP contribution in [0.15, 0.2) is 34.8 Å². The second kappa shape index (κ2) is 6.91. The molecule has 122 valence electrons. The molecule has 1 aromatic heterocycles. The first-order chi connectivity index (χ1) is 11.1. The van der Waals surface area contributed by atoms with Gasteiger partial charge in [-0.25, -0.2) is 0 Å². The van der Waals surface area contributed by atoms with Crippen molar-refractivity contribution in [3.63, 3.8) is 0 Å². The summed E-state index contributed by atoms with van der Waals surface area (Å²) in [5.74, 6) is 0.350. The van der Waals surface area contributed by atoms with Crippen LogP contribution in [0, 0.1) is 12.8 Å². The van der Waals surface area contributed by atoms with Crippen LogP contribution in [0.3, 0.4) is 0 Å². The lowest BCUT2D eigenvalue weighted by Gasteiger charge is -2.24. The van der Waals surface area contributed by atoms with E-state index >= 15 is 0 Å². The topological polar surface area (TPSA) is 48.0 Å². The van der Waals surface area contributed by atoms with Crippen molar-refractivity contribution in [3.8, 4) is 11.3 Å². The van der Waals surface area contributed by atoms with Gasteiger partial charge in [0, 0.05) is 22.4 Å². The van der Waals surface area contributed by atoms with Gasteiger partial charge in [-0.15, -0.1) is 0 Å². The van der Waals surface area contributed by atoms with E-state index in [4.69, 9.17) is 5.73 Å². The molecular formula is C19H23BrN2O. The Morgan fingerprint density at radius 3 is 2.65 bits per heavy atom. The highest BCUT2D eigenvalue weighted by Crippen LogP contribution is 2.32. The zero-order valence-corrected chi connectivity index (χ0v) is 15.1. The molecule has 0 aliphatic heterocycles. The molecule has 1 saturated carbocycles. The molecule has 2 N–H and O–H groups in total. The first-order valence-electron chi connectivity index (χ1n) is 8.32. The van der Waals surface area contributed by atoms with Gasteiger partial charge in [0.1, 0.15) is 0 Å². The number of carbonyl (C=O) groups is 1. The summed E-state index contributed by atoms with van der Waals surface area (Å²) < 4.78 is 3.33. The third-order valence-electron chi connectivity index (χ3n) is 4.92. The SMILES string of the molecule is Cc1c(C(N)=O)cc(-c2cccc(Br)c2)n1CC1CCCCC1. The van der Waals surface area contributed by atoms with Crippen LogP contribution in [0.5, 0.6) is 0 Å². The van der Waals surface area contributed by atoms with Gasteiger partial charge < -0.3 is 10.3 Å². The van der Waals surface area contributed by atoms with Gasteiger partial charge in [-0.05, 0) is 49.4 Å². The van der Waals surface area contributed by atoms with Crippen molar-refractivity contribution in [3.05, 3.63) is 46.1 Å². The maximum Gasteiger partial charge on any atom is 0.250 e. The maximum atomic E-state index is 11.8. The van der Waals surface area contributed by atoms with Gasteiger partial charge in [0.05, 0.1) is 5.56 Å². The number of rotatable bonds is 4. The van der Waals surface area contributed by atoms with E-state index in [2.05, 4.69) is 32.6 Å². The van der Waals surface area contributed by atoms with E-state index in [9.17, 15) is 4.79 Å². The van der Waals surface area contributed by atoms with E-state index in [0.717, 1.165) is 28.0 Å². The highest BCUT2D eigenvalue weighted by Gasteiger charge is 2.21. The smallest absolute Gasteiger partial charge is 0.250 e. The fraction of sp³-hybridized carbons (Fsp3) is 0.421. The Balaban J connectivity index is 2.02. The lowest BCUT2D eigenvalue weighted by atomic mass is 9.89. The number of primary amides is 1. The van der Waals surface area contributed by atoms with Crippen LogP contribution in [-0.4, -0.2) is 10.5 Å². The second-order valence-corrected chi connectivity index (χ2v) is 7.43. The first-order valence-corrected chi connectivity index (χ1v) is 9.11. The summed E-state index contributed by atoms with van der Waals surface area (Å²) in [4.78, 5) is 11.8. The maximum absolute atomic E-state index is 11.8. The number of halogens is 1. The van der Waals surface area contributed by atoms with E-state index in [1.165, 1.54) is 32.1 Å². The van der Waals surface area contributed by atoms with Crippen molar-refractivity contribution in [1.29, 1.82) is 0 Å². The molecule has 1 amide bonds. The van der Waals surface area contributed by atoms with Crippen molar-refractivity contribution in [2.75, 3.05) is 0 Å². The van der Waals surface area contributed by atoms with Gasteiger partial charge in [0.2, 0.25) is 0 Å². The van der Waals surface area contributed by atoms with Crippen LogP contribution in [-0.2, 0) is 6.54 Å². The quantitative estimate of drug-likeness (QED) is 0.811. The number of nitrogens with zero attached hydrogens (tertiary/aromatic N) is 1.